The van der Waals surface area contributed by atoms with E-state index in [4.69, 9.17) is 15.2 Å². The smallest absolute Gasteiger partial charge is 0.253 e. The molecule has 0 unspecified atom stereocenters. The number of ether oxygens (including phenoxy) is 2. The van der Waals surface area contributed by atoms with Gasteiger partial charge in [0.2, 0.25) is 5.88 Å². The van der Waals surface area contributed by atoms with Crippen LogP contribution in [0.15, 0.2) is 30.7 Å². The molecule has 1 aliphatic rings. The lowest BCUT2D eigenvalue weighted by atomic mass is 10.1. The van der Waals surface area contributed by atoms with E-state index in [1.807, 2.05) is 6.07 Å². The molecule has 3 aromatic heterocycles. The van der Waals surface area contributed by atoms with E-state index in [1.165, 1.54) is 6.33 Å². The highest BCUT2D eigenvalue weighted by atomic mass is 16.5. The Balaban J connectivity index is 1.77. The van der Waals surface area contributed by atoms with Gasteiger partial charge in [0.15, 0.2) is 5.82 Å². The molecule has 1 amide bonds. The van der Waals surface area contributed by atoms with Crippen molar-refractivity contribution in [2.24, 2.45) is 0 Å². The summed E-state index contributed by atoms with van der Waals surface area (Å²) in [5.41, 5.74) is 8.49. The first-order valence-corrected chi connectivity index (χ1v) is 8.68. The number of carbonyl (C=O) groups is 1. The predicted octanol–water partition coefficient (Wildman–Crippen LogP) is 1.29. The molecule has 4 rings (SSSR count). The normalized spacial score (nSPS) is 15.0. The third kappa shape index (κ3) is 3.28. The molecule has 1 saturated heterocycles. The van der Waals surface area contributed by atoms with Crippen LogP contribution in [0, 0.1) is 0 Å². The fourth-order valence-electron chi connectivity index (χ4n) is 3.23. The number of rotatable bonds is 4. The molecule has 4 heterocycles. The highest BCUT2D eigenvalue weighted by Gasteiger charge is 2.23. The van der Waals surface area contributed by atoms with Crippen LogP contribution in [0.4, 0.5) is 5.82 Å². The van der Waals surface area contributed by atoms with Crippen molar-refractivity contribution in [1.29, 1.82) is 0 Å². The van der Waals surface area contributed by atoms with E-state index < -0.39 is 0 Å². The van der Waals surface area contributed by atoms with Gasteiger partial charge in [-0.25, -0.2) is 14.5 Å². The van der Waals surface area contributed by atoms with Gasteiger partial charge in [0.25, 0.3) is 5.91 Å². The van der Waals surface area contributed by atoms with Crippen molar-refractivity contribution in [1.82, 2.24) is 24.9 Å². The number of carbonyl (C=O) groups excluding carboxylic acids is 1. The van der Waals surface area contributed by atoms with Crippen LogP contribution in [-0.4, -0.2) is 51.9 Å². The second-order valence-electron chi connectivity index (χ2n) is 6.30. The Morgan fingerprint density at radius 1 is 1.33 bits per heavy atom. The van der Waals surface area contributed by atoms with E-state index in [-0.39, 0.29) is 17.8 Å². The fraction of sp³-hybridized carbons (Fsp3) is 0.333. The first-order valence-electron chi connectivity index (χ1n) is 8.68. The first kappa shape index (κ1) is 17.2. The SMILES string of the molecule is COc1cc(-c2cc(C(=O)NC3CCOCC3)c3c(N)ncnn23)ccn1. The second-order valence-corrected chi connectivity index (χ2v) is 6.30. The van der Waals surface area contributed by atoms with Gasteiger partial charge < -0.3 is 20.5 Å². The molecular formula is C18H20N6O3. The molecule has 1 aliphatic heterocycles. The van der Waals surface area contributed by atoms with Gasteiger partial charge in [0, 0.05) is 37.1 Å². The van der Waals surface area contributed by atoms with Gasteiger partial charge >= 0.3 is 0 Å². The lowest BCUT2D eigenvalue weighted by Crippen LogP contribution is -2.38. The minimum absolute atomic E-state index is 0.0801. The number of nitrogens with zero attached hydrogens (tertiary/aromatic N) is 4. The Kier molecular flexibility index (Phi) is 4.59. The number of amides is 1. The van der Waals surface area contributed by atoms with Crippen LogP contribution in [0.5, 0.6) is 5.88 Å². The maximum Gasteiger partial charge on any atom is 0.253 e. The summed E-state index contributed by atoms with van der Waals surface area (Å²) in [6, 6.07) is 5.45. The molecule has 0 atom stereocenters. The van der Waals surface area contributed by atoms with E-state index in [0.29, 0.717) is 35.9 Å². The summed E-state index contributed by atoms with van der Waals surface area (Å²) in [5.74, 6) is 0.514. The lowest BCUT2D eigenvalue weighted by molar-refractivity contribution is 0.0697. The molecular weight excluding hydrogens is 348 g/mol. The number of anilines is 1. The lowest BCUT2D eigenvalue weighted by Gasteiger charge is -2.22. The molecule has 0 saturated carbocycles. The number of hydrogen-bond acceptors (Lipinski definition) is 7. The summed E-state index contributed by atoms with van der Waals surface area (Å²) in [6.07, 6.45) is 4.58. The zero-order chi connectivity index (χ0) is 18.8. The summed E-state index contributed by atoms with van der Waals surface area (Å²) in [6.45, 7) is 1.30. The van der Waals surface area contributed by atoms with Crippen LogP contribution in [0.1, 0.15) is 23.2 Å². The average Bonchev–Trinajstić information content (AvgIpc) is 3.10. The second kappa shape index (κ2) is 7.20. The van der Waals surface area contributed by atoms with Crippen LogP contribution >= 0.6 is 0 Å². The van der Waals surface area contributed by atoms with Crippen molar-refractivity contribution in [3.63, 3.8) is 0 Å². The van der Waals surface area contributed by atoms with Crippen molar-refractivity contribution < 1.29 is 14.3 Å². The Morgan fingerprint density at radius 2 is 2.15 bits per heavy atom. The number of nitrogen functional groups attached to an aromatic ring is 1. The molecule has 3 N–H and O–H groups in total. The zero-order valence-corrected chi connectivity index (χ0v) is 14.9. The van der Waals surface area contributed by atoms with Gasteiger partial charge in [0.1, 0.15) is 11.8 Å². The Labute approximate surface area is 155 Å². The van der Waals surface area contributed by atoms with Crippen LogP contribution in [-0.2, 0) is 4.74 Å². The maximum absolute atomic E-state index is 12.9. The number of nitrogens with two attached hydrogens (primary N) is 1. The van der Waals surface area contributed by atoms with E-state index in [0.717, 1.165) is 18.4 Å². The molecule has 0 radical (unpaired) electrons. The van der Waals surface area contributed by atoms with Crippen molar-refractivity contribution >= 4 is 17.2 Å². The highest BCUT2D eigenvalue weighted by molar-refractivity contribution is 6.05. The largest absolute Gasteiger partial charge is 0.481 e. The topological polar surface area (TPSA) is 117 Å². The van der Waals surface area contributed by atoms with Gasteiger partial charge in [-0.3, -0.25) is 4.79 Å². The third-order valence-corrected chi connectivity index (χ3v) is 4.62. The molecule has 9 heteroatoms. The quantitative estimate of drug-likeness (QED) is 0.713. The van der Waals surface area contributed by atoms with E-state index in [1.54, 1.807) is 30.0 Å². The highest BCUT2D eigenvalue weighted by Crippen LogP contribution is 2.29. The van der Waals surface area contributed by atoms with Gasteiger partial charge in [-0.15, -0.1) is 0 Å². The van der Waals surface area contributed by atoms with Crippen LogP contribution in [0.2, 0.25) is 0 Å². The number of methoxy groups -OCH3 is 1. The van der Waals surface area contributed by atoms with E-state index >= 15 is 0 Å². The number of nitrogens with one attached hydrogen (secondary N) is 1. The number of pyridine rings is 1. The van der Waals surface area contributed by atoms with Crippen LogP contribution in [0.3, 0.4) is 0 Å². The van der Waals surface area contributed by atoms with Gasteiger partial charge in [-0.1, -0.05) is 0 Å². The summed E-state index contributed by atoms with van der Waals surface area (Å²) in [4.78, 5) is 21.1. The first-order chi connectivity index (χ1) is 13.2. The minimum atomic E-state index is -0.201. The number of hydrogen-bond donors (Lipinski definition) is 2. The predicted molar refractivity (Wildman–Crippen MR) is 98.5 cm³/mol. The molecule has 27 heavy (non-hydrogen) atoms. The Hall–Kier alpha value is -3.20. The van der Waals surface area contributed by atoms with Crippen molar-refractivity contribution in [2.45, 2.75) is 18.9 Å². The molecule has 0 aliphatic carbocycles. The molecule has 140 valence electrons. The number of aromatic nitrogens is 4. The summed E-state index contributed by atoms with van der Waals surface area (Å²) in [7, 11) is 1.55. The van der Waals surface area contributed by atoms with Crippen molar-refractivity contribution in [3.05, 3.63) is 36.3 Å². The fourth-order valence-corrected chi connectivity index (χ4v) is 3.23. The standard InChI is InChI=1S/C18H20N6O3/c1-26-15-8-11(2-5-20-15)14-9-13(16-17(19)21-10-22-24(14)16)18(25)23-12-3-6-27-7-4-12/h2,5,8-10,12H,3-4,6-7H2,1H3,(H,23,25)(H2,19,21,22). The molecule has 9 nitrogen and oxygen atoms in total. The Bertz CT molecular complexity index is 980. The van der Waals surface area contributed by atoms with Gasteiger partial charge in [-0.05, 0) is 25.0 Å². The van der Waals surface area contributed by atoms with E-state index in [9.17, 15) is 4.79 Å². The zero-order valence-electron chi connectivity index (χ0n) is 14.9. The molecule has 3 aromatic rings. The minimum Gasteiger partial charge on any atom is -0.481 e. The van der Waals surface area contributed by atoms with Crippen LogP contribution < -0.4 is 15.8 Å². The van der Waals surface area contributed by atoms with E-state index in [2.05, 4.69) is 20.4 Å². The molecule has 0 bridgehead atoms. The third-order valence-electron chi connectivity index (χ3n) is 4.62. The van der Waals surface area contributed by atoms with Gasteiger partial charge in [0.05, 0.1) is 18.4 Å². The van der Waals surface area contributed by atoms with Crippen LogP contribution in [0.25, 0.3) is 16.8 Å². The molecule has 0 spiro atoms. The Morgan fingerprint density at radius 3 is 2.93 bits per heavy atom. The number of fused-ring (bicyclic) bond motifs is 1. The van der Waals surface area contributed by atoms with Crippen molar-refractivity contribution in [3.8, 4) is 17.1 Å². The molecule has 1 fully saturated rings. The molecule has 0 aromatic carbocycles. The maximum atomic E-state index is 12.9. The summed E-state index contributed by atoms with van der Waals surface area (Å²) < 4.78 is 12.2. The average molecular weight is 368 g/mol. The summed E-state index contributed by atoms with van der Waals surface area (Å²) >= 11 is 0. The van der Waals surface area contributed by atoms with Crippen molar-refractivity contribution in [2.75, 3.05) is 26.1 Å². The van der Waals surface area contributed by atoms with Gasteiger partial charge in [-0.2, -0.15) is 5.10 Å². The summed E-state index contributed by atoms with van der Waals surface area (Å²) in [5, 5.41) is 7.35. The monoisotopic (exact) mass is 368 g/mol.